The van der Waals surface area contributed by atoms with Gasteiger partial charge in [-0.2, -0.15) is 0 Å². The van der Waals surface area contributed by atoms with Crippen molar-refractivity contribution in [3.05, 3.63) is 18.3 Å². The summed E-state index contributed by atoms with van der Waals surface area (Å²) in [6.45, 7) is 0.742. The van der Waals surface area contributed by atoms with Crippen LogP contribution in [0.4, 0.5) is 11.5 Å². The van der Waals surface area contributed by atoms with Crippen LogP contribution in [0.5, 0.6) is 0 Å². The first kappa shape index (κ1) is 12.3. The molecule has 0 atom stereocenters. The van der Waals surface area contributed by atoms with Crippen LogP contribution in [-0.2, 0) is 9.53 Å². The molecule has 0 saturated heterocycles. The molecule has 5 heteroatoms. The quantitative estimate of drug-likeness (QED) is 0.756. The zero-order valence-electron chi connectivity index (χ0n) is 9.64. The molecule has 1 rings (SSSR count). The maximum Gasteiger partial charge on any atom is 0.305 e. The molecule has 0 aliphatic carbocycles. The number of rotatable bonds is 5. The SMILES string of the molecule is COC(=O)CCCN(C)c1cc(N)ccn1. The van der Waals surface area contributed by atoms with E-state index < -0.39 is 0 Å². The number of nitrogens with two attached hydrogens (primary N) is 1. The molecule has 0 radical (unpaired) electrons. The molecule has 0 aromatic carbocycles. The molecular formula is C11H17N3O2. The molecule has 0 aliphatic heterocycles. The lowest BCUT2D eigenvalue weighted by Crippen LogP contribution is -2.20. The van der Waals surface area contributed by atoms with E-state index in [4.69, 9.17) is 5.73 Å². The number of hydrogen-bond donors (Lipinski definition) is 1. The second-order valence-corrected chi connectivity index (χ2v) is 3.55. The summed E-state index contributed by atoms with van der Waals surface area (Å²) in [6, 6.07) is 3.55. The minimum absolute atomic E-state index is 0.186. The van der Waals surface area contributed by atoms with Crippen LogP contribution in [0, 0.1) is 0 Å². The number of anilines is 2. The van der Waals surface area contributed by atoms with Gasteiger partial charge in [0, 0.05) is 38.0 Å². The Morgan fingerprint density at radius 3 is 3.00 bits per heavy atom. The van der Waals surface area contributed by atoms with E-state index in [1.54, 1.807) is 18.3 Å². The van der Waals surface area contributed by atoms with Crippen molar-refractivity contribution in [1.29, 1.82) is 0 Å². The van der Waals surface area contributed by atoms with Gasteiger partial charge in [-0.25, -0.2) is 4.98 Å². The van der Waals surface area contributed by atoms with Crippen LogP contribution in [0.25, 0.3) is 0 Å². The predicted octanol–water partition coefficient (Wildman–Crippen LogP) is 1.05. The Kier molecular flexibility index (Phi) is 4.57. The van der Waals surface area contributed by atoms with Crippen molar-refractivity contribution in [2.75, 3.05) is 31.3 Å². The van der Waals surface area contributed by atoms with E-state index >= 15 is 0 Å². The molecule has 0 bridgehead atoms. The number of esters is 1. The Balaban J connectivity index is 2.40. The molecule has 5 nitrogen and oxygen atoms in total. The Morgan fingerprint density at radius 2 is 2.38 bits per heavy atom. The third-order valence-electron chi connectivity index (χ3n) is 2.26. The van der Waals surface area contributed by atoms with Gasteiger partial charge in [-0.3, -0.25) is 4.79 Å². The third-order valence-corrected chi connectivity index (χ3v) is 2.26. The zero-order chi connectivity index (χ0) is 12.0. The van der Waals surface area contributed by atoms with Gasteiger partial charge in [0.05, 0.1) is 7.11 Å². The lowest BCUT2D eigenvalue weighted by molar-refractivity contribution is -0.140. The van der Waals surface area contributed by atoms with Crippen LogP contribution in [0.3, 0.4) is 0 Å². The van der Waals surface area contributed by atoms with Gasteiger partial charge in [-0.05, 0) is 12.5 Å². The van der Waals surface area contributed by atoms with E-state index in [1.165, 1.54) is 7.11 Å². The molecule has 88 valence electrons. The number of nitrogens with zero attached hydrogens (tertiary/aromatic N) is 2. The number of carbonyl (C=O) groups is 1. The molecule has 0 saturated carbocycles. The van der Waals surface area contributed by atoms with Gasteiger partial charge >= 0.3 is 5.97 Å². The normalized spacial score (nSPS) is 9.88. The number of hydrogen-bond acceptors (Lipinski definition) is 5. The van der Waals surface area contributed by atoms with Crippen LogP contribution in [0.15, 0.2) is 18.3 Å². The van der Waals surface area contributed by atoms with Gasteiger partial charge in [-0.15, -0.1) is 0 Å². The van der Waals surface area contributed by atoms with Crippen molar-refractivity contribution in [2.45, 2.75) is 12.8 Å². The zero-order valence-corrected chi connectivity index (χ0v) is 9.64. The predicted molar refractivity (Wildman–Crippen MR) is 63.2 cm³/mol. The van der Waals surface area contributed by atoms with Gasteiger partial charge in [0.25, 0.3) is 0 Å². The first-order valence-electron chi connectivity index (χ1n) is 5.13. The first-order chi connectivity index (χ1) is 7.63. The largest absolute Gasteiger partial charge is 0.469 e. The van der Waals surface area contributed by atoms with Crippen LogP contribution < -0.4 is 10.6 Å². The van der Waals surface area contributed by atoms with Gasteiger partial charge in [0.2, 0.25) is 0 Å². The van der Waals surface area contributed by atoms with Crippen molar-refractivity contribution in [1.82, 2.24) is 4.98 Å². The summed E-state index contributed by atoms with van der Waals surface area (Å²) in [5.74, 6) is 0.624. The topological polar surface area (TPSA) is 68.5 Å². The van der Waals surface area contributed by atoms with Gasteiger partial charge in [0.1, 0.15) is 5.82 Å². The number of aromatic nitrogens is 1. The summed E-state index contributed by atoms with van der Waals surface area (Å²) in [5, 5.41) is 0. The van der Waals surface area contributed by atoms with Gasteiger partial charge in [0.15, 0.2) is 0 Å². The highest BCUT2D eigenvalue weighted by Gasteiger charge is 2.04. The summed E-state index contributed by atoms with van der Waals surface area (Å²) < 4.78 is 4.56. The monoisotopic (exact) mass is 223 g/mol. The molecule has 2 N–H and O–H groups in total. The highest BCUT2D eigenvalue weighted by atomic mass is 16.5. The first-order valence-corrected chi connectivity index (χ1v) is 5.13. The second-order valence-electron chi connectivity index (χ2n) is 3.55. The van der Waals surface area contributed by atoms with E-state index in [0.717, 1.165) is 18.8 Å². The van der Waals surface area contributed by atoms with Crippen molar-refractivity contribution < 1.29 is 9.53 Å². The summed E-state index contributed by atoms with van der Waals surface area (Å²) >= 11 is 0. The standard InChI is InChI=1S/C11H17N3O2/c1-14(7-3-4-11(15)16-2)10-8-9(12)5-6-13-10/h5-6,8H,3-4,7H2,1-2H3,(H2,12,13). The second kappa shape index (κ2) is 5.95. The number of methoxy groups -OCH3 is 1. The van der Waals surface area contributed by atoms with Crippen molar-refractivity contribution >= 4 is 17.5 Å². The summed E-state index contributed by atoms with van der Waals surface area (Å²) in [6.07, 6.45) is 2.82. The molecular weight excluding hydrogens is 206 g/mol. The number of ether oxygens (including phenoxy) is 1. The lowest BCUT2D eigenvalue weighted by Gasteiger charge is -2.17. The molecule has 16 heavy (non-hydrogen) atoms. The molecule has 1 heterocycles. The molecule has 0 amide bonds. The Hall–Kier alpha value is -1.78. The summed E-state index contributed by atoms with van der Waals surface area (Å²) in [7, 11) is 3.31. The molecule has 0 fully saturated rings. The molecule has 1 aromatic rings. The number of pyridine rings is 1. The lowest BCUT2D eigenvalue weighted by atomic mass is 10.3. The van der Waals surface area contributed by atoms with E-state index in [1.807, 2.05) is 11.9 Å². The van der Waals surface area contributed by atoms with Crippen LogP contribution in [-0.4, -0.2) is 31.7 Å². The number of nitrogen functional groups attached to an aromatic ring is 1. The Labute approximate surface area is 95.2 Å². The van der Waals surface area contributed by atoms with E-state index in [-0.39, 0.29) is 5.97 Å². The van der Waals surface area contributed by atoms with E-state index in [9.17, 15) is 4.79 Å². The van der Waals surface area contributed by atoms with E-state index in [0.29, 0.717) is 12.1 Å². The maximum atomic E-state index is 10.9. The summed E-state index contributed by atoms with van der Waals surface area (Å²) in [5.41, 5.74) is 6.34. The minimum Gasteiger partial charge on any atom is -0.469 e. The highest BCUT2D eigenvalue weighted by molar-refractivity contribution is 5.69. The molecule has 0 unspecified atom stereocenters. The molecule has 1 aromatic heterocycles. The fourth-order valence-corrected chi connectivity index (χ4v) is 1.32. The van der Waals surface area contributed by atoms with Crippen LogP contribution in [0.2, 0.25) is 0 Å². The van der Waals surface area contributed by atoms with Crippen LogP contribution in [0.1, 0.15) is 12.8 Å². The average Bonchev–Trinajstić information content (AvgIpc) is 2.28. The smallest absolute Gasteiger partial charge is 0.305 e. The Bertz CT molecular complexity index is 355. The maximum absolute atomic E-state index is 10.9. The average molecular weight is 223 g/mol. The highest BCUT2D eigenvalue weighted by Crippen LogP contribution is 2.12. The minimum atomic E-state index is -0.186. The van der Waals surface area contributed by atoms with Crippen LogP contribution >= 0.6 is 0 Å². The van der Waals surface area contributed by atoms with Crippen molar-refractivity contribution in [3.63, 3.8) is 0 Å². The Morgan fingerprint density at radius 1 is 1.62 bits per heavy atom. The molecule has 0 spiro atoms. The third kappa shape index (κ3) is 3.76. The summed E-state index contributed by atoms with van der Waals surface area (Å²) in [4.78, 5) is 17.1. The van der Waals surface area contributed by atoms with Gasteiger partial charge < -0.3 is 15.4 Å². The molecule has 0 aliphatic rings. The van der Waals surface area contributed by atoms with Gasteiger partial charge in [-0.1, -0.05) is 0 Å². The fourth-order valence-electron chi connectivity index (χ4n) is 1.32. The van der Waals surface area contributed by atoms with E-state index in [2.05, 4.69) is 9.72 Å². The van der Waals surface area contributed by atoms with Crippen molar-refractivity contribution in [3.8, 4) is 0 Å². The fraction of sp³-hybridized carbons (Fsp3) is 0.455. The van der Waals surface area contributed by atoms with Crippen molar-refractivity contribution in [2.24, 2.45) is 0 Å². The number of carbonyl (C=O) groups excluding carboxylic acids is 1.